The minimum Gasteiger partial charge on any atom is -0.384 e. The second kappa shape index (κ2) is 7.65. The van der Waals surface area contributed by atoms with Crippen molar-refractivity contribution in [1.82, 2.24) is 10.2 Å². The Morgan fingerprint density at radius 2 is 1.92 bits per heavy atom. The van der Waals surface area contributed by atoms with E-state index in [9.17, 15) is 0 Å². The summed E-state index contributed by atoms with van der Waals surface area (Å²) in [6, 6.07) is 0.535. The van der Waals surface area contributed by atoms with Crippen LogP contribution in [-0.4, -0.2) is 29.7 Å². The molecule has 2 heterocycles. The average molecular weight is 344 g/mol. The van der Waals surface area contributed by atoms with E-state index in [1.807, 2.05) is 0 Å². The maximum Gasteiger partial charge on any atom is 0.0567 e. The van der Waals surface area contributed by atoms with Crippen molar-refractivity contribution in [3.05, 3.63) is 35.4 Å². The second-order valence-electron chi connectivity index (χ2n) is 8.36. The van der Waals surface area contributed by atoms with E-state index in [1.54, 1.807) is 5.57 Å². The van der Waals surface area contributed by atoms with E-state index in [2.05, 4.69) is 41.3 Å². The largest absolute Gasteiger partial charge is 0.384 e. The summed E-state index contributed by atoms with van der Waals surface area (Å²) in [6.07, 6.45) is 18.6. The number of hydrogen-bond acceptors (Lipinski definition) is 2. The summed E-state index contributed by atoms with van der Waals surface area (Å²) in [5.41, 5.74) is 3.99. The van der Waals surface area contributed by atoms with Crippen LogP contribution in [0.2, 0.25) is 0 Å². The molecule has 0 aromatic carbocycles. The predicted octanol–water partition coefficient (Wildman–Crippen LogP) is 5.00. The summed E-state index contributed by atoms with van der Waals surface area (Å²) in [7, 11) is 0.952. The lowest BCUT2D eigenvalue weighted by Gasteiger charge is -2.39. The zero-order valence-corrected chi connectivity index (χ0v) is 16.1. The van der Waals surface area contributed by atoms with Crippen LogP contribution >= 0.6 is 8.58 Å². The smallest absolute Gasteiger partial charge is 0.0567 e. The summed E-state index contributed by atoms with van der Waals surface area (Å²) in [5.74, 6) is 4.25. The number of allylic oxidation sites excluding steroid dienone is 1. The van der Waals surface area contributed by atoms with Crippen molar-refractivity contribution in [3.8, 4) is 0 Å². The van der Waals surface area contributed by atoms with Gasteiger partial charge in [0.25, 0.3) is 0 Å². The van der Waals surface area contributed by atoms with Crippen LogP contribution < -0.4 is 5.32 Å². The van der Waals surface area contributed by atoms with E-state index in [-0.39, 0.29) is 0 Å². The molecule has 1 N–H and O–H groups in total. The van der Waals surface area contributed by atoms with Crippen molar-refractivity contribution in [2.24, 2.45) is 11.8 Å². The van der Waals surface area contributed by atoms with Gasteiger partial charge in [-0.15, -0.1) is 0 Å². The summed E-state index contributed by atoms with van der Waals surface area (Å²) in [5, 5.41) is 3.65. The number of nitrogens with one attached hydrogen (secondary N) is 1. The van der Waals surface area contributed by atoms with Gasteiger partial charge in [0.15, 0.2) is 0 Å². The fourth-order valence-corrected chi connectivity index (χ4v) is 6.12. The molecule has 0 aromatic rings. The van der Waals surface area contributed by atoms with Gasteiger partial charge in [-0.05, 0) is 74.5 Å². The molecule has 0 radical (unpaired) electrons. The highest BCUT2D eigenvalue weighted by atomic mass is 31.1. The molecule has 2 fully saturated rings. The van der Waals surface area contributed by atoms with Gasteiger partial charge >= 0.3 is 0 Å². The fraction of sp³-hybridized carbons (Fsp3) is 0.714. The summed E-state index contributed by atoms with van der Waals surface area (Å²) in [4.78, 5) is 2.64. The average Bonchev–Trinajstić information content (AvgIpc) is 2.64. The molecule has 2 aliphatic heterocycles. The standard InChI is InChI=1S/C21H33N2P/c1-16-5-7-17(8-6-16)13-18-14-19(23-10-3-2-4-11-23)15-20-21(18)24-12-9-22-20/h9,12,14-17,20-22,24H,2-8,10-11,13H2,1H3. The predicted molar refractivity (Wildman–Crippen MR) is 105 cm³/mol. The first-order valence-corrected chi connectivity index (χ1v) is 11.3. The quantitative estimate of drug-likeness (QED) is 0.725. The zero-order valence-electron chi connectivity index (χ0n) is 15.1. The van der Waals surface area contributed by atoms with Gasteiger partial charge in [-0.1, -0.05) is 33.9 Å². The SMILES string of the molecule is CC1CCC(CC2=CC(N3CCCCC3)=CC3NC=CPC23)CC1. The molecule has 3 unspecified atom stereocenters. The molecule has 3 atom stereocenters. The Kier molecular flexibility index (Phi) is 5.32. The Bertz CT molecular complexity index is 522. The van der Waals surface area contributed by atoms with Gasteiger partial charge in [0.2, 0.25) is 0 Å². The number of nitrogens with zero attached hydrogens (tertiary/aromatic N) is 1. The van der Waals surface area contributed by atoms with Gasteiger partial charge < -0.3 is 10.2 Å². The first kappa shape index (κ1) is 16.7. The molecule has 0 aromatic heterocycles. The second-order valence-corrected chi connectivity index (χ2v) is 9.65. The number of hydrogen-bond donors (Lipinski definition) is 1. The van der Waals surface area contributed by atoms with Crippen LogP contribution in [0.5, 0.6) is 0 Å². The van der Waals surface area contributed by atoms with Crippen molar-refractivity contribution in [2.75, 3.05) is 13.1 Å². The molecule has 4 rings (SSSR count). The monoisotopic (exact) mass is 344 g/mol. The van der Waals surface area contributed by atoms with E-state index in [0.717, 1.165) is 26.1 Å². The van der Waals surface area contributed by atoms with Crippen LogP contribution in [-0.2, 0) is 0 Å². The molecular formula is C21H33N2P. The van der Waals surface area contributed by atoms with Crippen molar-refractivity contribution < 1.29 is 0 Å². The van der Waals surface area contributed by atoms with Crippen LogP contribution in [0.3, 0.4) is 0 Å². The Hall–Kier alpha value is -0.750. The molecule has 2 nitrogen and oxygen atoms in total. The molecule has 3 heteroatoms. The molecule has 0 spiro atoms. The minimum atomic E-state index is 0.535. The number of fused-ring (bicyclic) bond motifs is 1. The maximum atomic E-state index is 3.65. The molecule has 1 saturated carbocycles. The summed E-state index contributed by atoms with van der Waals surface area (Å²) >= 11 is 0. The molecule has 24 heavy (non-hydrogen) atoms. The van der Waals surface area contributed by atoms with Gasteiger partial charge in [0.05, 0.1) is 6.04 Å². The van der Waals surface area contributed by atoms with Gasteiger partial charge in [-0.3, -0.25) is 0 Å². The zero-order chi connectivity index (χ0) is 16.4. The summed E-state index contributed by atoms with van der Waals surface area (Å²) < 4.78 is 0. The number of rotatable bonds is 3. The first-order chi connectivity index (χ1) is 11.8. The molecule has 132 valence electrons. The molecule has 2 aliphatic carbocycles. The van der Waals surface area contributed by atoms with Crippen LogP contribution in [0.1, 0.15) is 58.3 Å². The third-order valence-corrected chi connectivity index (χ3v) is 7.92. The molecule has 0 amide bonds. The third kappa shape index (κ3) is 3.74. The minimum absolute atomic E-state index is 0.535. The van der Waals surface area contributed by atoms with Crippen LogP contribution in [0.15, 0.2) is 35.4 Å². The molecule has 1 saturated heterocycles. The maximum absolute atomic E-state index is 3.65. The van der Waals surface area contributed by atoms with Crippen LogP contribution in [0, 0.1) is 11.8 Å². The van der Waals surface area contributed by atoms with Gasteiger partial charge in [0.1, 0.15) is 0 Å². The molecule has 0 bridgehead atoms. The van der Waals surface area contributed by atoms with Gasteiger partial charge in [0, 0.05) is 24.4 Å². The fourth-order valence-electron chi connectivity index (χ4n) is 4.91. The summed E-state index contributed by atoms with van der Waals surface area (Å²) in [6.45, 7) is 4.94. The highest BCUT2D eigenvalue weighted by molar-refractivity contribution is 7.43. The Morgan fingerprint density at radius 3 is 2.71 bits per heavy atom. The van der Waals surface area contributed by atoms with Gasteiger partial charge in [-0.2, -0.15) is 0 Å². The van der Waals surface area contributed by atoms with E-state index in [0.29, 0.717) is 6.04 Å². The van der Waals surface area contributed by atoms with E-state index < -0.39 is 0 Å². The highest BCUT2D eigenvalue weighted by Gasteiger charge is 2.31. The van der Waals surface area contributed by atoms with Crippen molar-refractivity contribution in [2.45, 2.75) is 70.0 Å². The Morgan fingerprint density at radius 1 is 1.12 bits per heavy atom. The number of likely N-dealkylation sites (tertiary alicyclic amines) is 1. The van der Waals surface area contributed by atoms with Crippen molar-refractivity contribution in [3.63, 3.8) is 0 Å². The lowest BCUT2D eigenvalue weighted by Crippen LogP contribution is -2.41. The van der Waals surface area contributed by atoms with E-state index >= 15 is 0 Å². The lowest BCUT2D eigenvalue weighted by atomic mass is 9.78. The lowest BCUT2D eigenvalue weighted by molar-refractivity contribution is 0.280. The van der Waals surface area contributed by atoms with Gasteiger partial charge in [-0.25, -0.2) is 0 Å². The first-order valence-electron chi connectivity index (χ1n) is 10.1. The Labute approximate surface area is 149 Å². The third-order valence-electron chi connectivity index (χ3n) is 6.47. The Balaban J connectivity index is 1.51. The van der Waals surface area contributed by atoms with E-state index in [4.69, 9.17) is 0 Å². The number of piperidine rings is 1. The van der Waals surface area contributed by atoms with Crippen molar-refractivity contribution >= 4 is 8.58 Å². The topological polar surface area (TPSA) is 15.3 Å². The highest BCUT2D eigenvalue weighted by Crippen LogP contribution is 2.42. The van der Waals surface area contributed by atoms with Crippen LogP contribution in [0.4, 0.5) is 0 Å². The van der Waals surface area contributed by atoms with Crippen molar-refractivity contribution in [1.29, 1.82) is 0 Å². The normalized spacial score (nSPS) is 37.5. The van der Waals surface area contributed by atoms with Crippen LogP contribution in [0.25, 0.3) is 0 Å². The van der Waals surface area contributed by atoms with E-state index in [1.165, 1.54) is 70.2 Å². The molecule has 4 aliphatic rings. The molecular weight excluding hydrogens is 311 g/mol.